The minimum Gasteiger partial charge on any atom is -0.315 e. The summed E-state index contributed by atoms with van der Waals surface area (Å²) in [6.07, 6.45) is 6.32. The fraction of sp³-hybridized carbons (Fsp3) is 0.0169. The summed E-state index contributed by atoms with van der Waals surface area (Å²) in [6, 6.07) is 84.3. The molecule has 9 aromatic carbocycles. The largest absolute Gasteiger partial charge is 0.315 e. The van der Waals surface area contributed by atoms with Gasteiger partial charge in [-0.2, -0.15) is 0 Å². The van der Waals surface area contributed by atoms with Crippen LogP contribution >= 0.6 is 0 Å². The Labute approximate surface area is 366 Å². The third kappa shape index (κ3) is 6.89. The summed E-state index contributed by atoms with van der Waals surface area (Å²) in [6.45, 7) is 6.41. The molecule has 0 saturated heterocycles. The van der Waals surface area contributed by atoms with Crippen LogP contribution in [0.25, 0.3) is 33.0 Å². The van der Waals surface area contributed by atoms with Crippen molar-refractivity contribution < 1.29 is 0 Å². The van der Waals surface area contributed by atoms with Crippen LogP contribution in [0.2, 0.25) is 0 Å². The number of fused-ring (bicyclic) bond motifs is 2. The number of allylic oxidation sites excluding steroid dienone is 5. The second-order valence-electron chi connectivity index (χ2n) is 15.8. The van der Waals surface area contributed by atoms with E-state index in [1.807, 2.05) is 6.08 Å². The van der Waals surface area contributed by atoms with Crippen molar-refractivity contribution in [3.8, 4) is 22.3 Å². The number of nitrogens with zero attached hydrogens (tertiary/aromatic N) is 2. The highest BCUT2D eigenvalue weighted by atomic mass is 28.3. The van der Waals surface area contributed by atoms with Crippen LogP contribution in [-0.4, -0.2) is 8.07 Å². The van der Waals surface area contributed by atoms with Gasteiger partial charge in [0.15, 0.2) is 8.07 Å². The summed E-state index contributed by atoms with van der Waals surface area (Å²) in [5, 5.41) is 7.83. The van der Waals surface area contributed by atoms with Gasteiger partial charge in [-0.15, -0.1) is 0 Å². The molecule has 0 aliphatic carbocycles. The molecule has 2 nitrogen and oxygen atoms in total. The minimum absolute atomic E-state index is 1.08. The van der Waals surface area contributed by atoms with Crippen LogP contribution in [0.5, 0.6) is 0 Å². The summed E-state index contributed by atoms with van der Waals surface area (Å²) < 4.78 is 0. The number of hydrogen-bond donors (Lipinski definition) is 0. The maximum atomic E-state index is 4.12. The molecule has 0 unspecified atom stereocenters. The molecule has 0 atom stereocenters. The van der Waals surface area contributed by atoms with Gasteiger partial charge in [-0.3, -0.25) is 0 Å². The monoisotopic (exact) mass is 810 g/mol. The molecule has 0 N–H and O–H groups in total. The van der Waals surface area contributed by atoms with Crippen LogP contribution in [0.15, 0.2) is 266 Å². The SMILES string of the molecule is C=C/C=C\C1=C(C)N(c2ccccc2)c2cc(N(c3ccc(-c4ccccc4)cc3)c3ccc(-c4ccc5ccccc5c4)cc3)ccc2[Si]1(c1ccccc1)c1ccccc1. The lowest BCUT2D eigenvalue weighted by Crippen LogP contribution is -2.71. The molecular formula is C59H46N2Si. The highest BCUT2D eigenvalue weighted by molar-refractivity contribution is 7.17. The molecule has 296 valence electrons. The number of rotatable bonds is 10. The summed E-state index contributed by atoms with van der Waals surface area (Å²) >= 11 is 0. The van der Waals surface area contributed by atoms with Crippen molar-refractivity contribution in [3.63, 3.8) is 0 Å². The van der Waals surface area contributed by atoms with E-state index in [2.05, 4.69) is 266 Å². The number of anilines is 5. The molecule has 0 radical (unpaired) electrons. The molecule has 0 bridgehead atoms. The summed E-state index contributed by atoms with van der Waals surface area (Å²) in [4.78, 5) is 4.88. The first kappa shape index (κ1) is 38.5. The van der Waals surface area contributed by atoms with Crippen LogP contribution < -0.4 is 25.4 Å². The second-order valence-corrected chi connectivity index (χ2v) is 19.5. The first-order chi connectivity index (χ1) is 30.6. The van der Waals surface area contributed by atoms with Crippen molar-refractivity contribution in [1.82, 2.24) is 0 Å². The van der Waals surface area contributed by atoms with Gasteiger partial charge < -0.3 is 9.80 Å². The van der Waals surface area contributed by atoms with E-state index in [9.17, 15) is 0 Å². The third-order valence-electron chi connectivity index (χ3n) is 12.3. The van der Waals surface area contributed by atoms with Gasteiger partial charge in [0.05, 0.1) is 0 Å². The molecule has 1 aliphatic heterocycles. The van der Waals surface area contributed by atoms with Crippen LogP contribution in [0.4, 0.5) is 28.4 Å². The Kier molecular flexibility index (Phi) is 10.4. The molecule has 0 spiro atoms. The van der Waals surface area contributed by atoms with E-state index >= 15 is 0 Å². The van der Waals surface area contributed by atoms with Gasteiger partial charge in [-0.25, -0.2) is 0 Å². The van der Waals surface area contributed by atoms with Crippen LogP contribution in [0.3, 0.4) is 0 Å². The quantitative estimate of drug-likeness (QED) is 0.100. The molecule has 3 heteroatoms. The lowest BCUT2D eigenvalue weighted by Gasteiger charge is -2.45. The average molecular weight is 811 g/mol. The lowest BCUT2D eigenvalue weighted by molar-refractivity contribution is 1.13. The van der Waals surface area contributed by atoms with E-state index in [0.29, 0.717) is 0 Å². The van der Waals surface area contributed by atoms with Gasteiger partial charge in [-0.1, -0.05) is 201 Å². The maximum Gasteiger partial charge on any atom is 0.183 e. The Bertz CT molecular complexity index is 3030. The standard InChI is InChI=1S/C59H46N2Si/c1-3-4-29-58-44(2)60(51-23-11-6-12-24-51)57-43-54(40-41-59(57)62(58,55-25-13-7-14-26-55)56-27-15-8-16-28-56)61(52-36-32-47(33-37-52)45-19-9-5-10-20-45)53-38-34-48(35-39-53)50-31-30-46-21-17-18-22-49(46)42-50/h3-43H,1H2,2H3/b29-4-. The molecule has 0 fully saturated rings. The molecule has 10 rings (SSSR count). The van der Waals surface area contributed by atoms with Crippen LogP contribution in [0.1, 0.15) is 6.92 Å². The third-order valence-corrected chi connectivity index (χ3v) is 17.2. The van der Waals surface area contributed by atoms with Crippen molar-refractivity contribution >= 4 is 62.8 Å². The first-order valence-electron chi connectivity index (χ1n) is 21.3. The predicted octanol–water partition coefficient (Wildman–Crippen LogP) is 13.8. The molecule has 0 amide bonds. The minimum atomic E-state index is -2.90. The highest BCUT2D eigenvalue weighted by Gasteiger charge is 2.49. The van der Waals surface area contributed by atoms with Crippen LogP contribution in [-0.2, 0) is 0 Å². The Hall–Kier alpha value is -7.72. The van der Waals surface area contributed by atoms with Gasteiger partial charge in [-0.05, 0) is 115 Å². The Morgan fingerprint density at radius 2 is 0.935 bits per heavy atom. The zero-order chi connectivity index (χ0) is 41.9. The molecule has 1 aliphatic rings. The molecule has 0 aromatic heterocycles. The van der Waals surface area contributed by atoms with Crippen LogP contribution in [0, 0.1) is 0 Å². The second kappa shape index (κ2) is 16.7. The van der Waals surface area contributed by atoms with E-state index in [-0.39, 0.29) is 0 Å². The topological polar surface area (TPSA) is 6.48 Å². The van der Waals surface area contributed by atoms with Gasteiger partial charge in [0.1, 0.15) is 0 Å². The maximum absolute atomic E-state index is 4.12. The van der Waals surface area contributed by atoms with E-state index < -0.39 is 8.07 Å². The Morgan fingerprint density at radius 3 is 1.53 bits per heavy atom. The highest BCUT2D eigenvalue weighted by Crippen LogP contribution is 2.44. The number of hydrogen-bond acceptors (Lipinski definition) is 2. The normalized spacial score (nSPS) is 13.3. The Morgan fingerprint density at radius 1 is 0.452 bits per heavy atom. The van der Waals surface area contributed by atoms with Gasteiger partial charge in [0, 0.05) is 34.1 Å². The van der Waals surface area contributed by atoms with Gasteiger partial charge in [0.25, 0.3) is 0 Å². The molecule has 62 heavy (non-hydrogen) atoms. The van der Waals surface area contributed by atoms with Crippen molar-refractivity contribution in [1.29, 1.82) is 0 Å². The van der Waals surface area contributed by atoms with E-state index in [0.717, 1.165) is 22.7 Å². The zero-order valence-electron chi connectivity index (χ0n) is 34.8. The van der Waals surface area contributed by atoms with Gasteiger partial charge >= 0.3 is 0 Å². The van der Waals surface area contributed by atoms with E-state index in [1.165, 1.54) is 65.2 Å². The Balaban J connectivity index is 1.20. The van der Waals surface area contributed by atoms with E-state index in [4.69, 9.17) is 0 Å². The van der Waals surface area contributed by atoms with Crippen molar-refractivity contribution in [3.05, 3.63) is 266 Å². The van der Waals surface area contributed by atoms with Gasteiger partial charge in [0.2, 0.25) is 0 Å². The summed E-state index contributed by atoms with van der Waals surface area (Å²) in [5.74, 6) is 0. The predicted molar refractivity (Wildman–Crippen MR) is 268 cm³/mol. The first-order valence-corrected chi connectivity index (χ1v) is 23.3. The molecular weight excluding hydrogens is 765 g/mol. The fourth-order valence-corrected chi connectivity index (χ4v) is 14.6. The lowest BCUT2D eigenvalue weighted by atomic mass is 10.0. The average Bonchev–Trinajstić information content (AvgIpc) is 3.35. The number of para-hydroxylation sites is 1. The molecule has 1 heterocycles. The fourth-order valence-electron chi connectivity index (χ4n) is 9.42. The molecule has 9 aromatic rings. The van der Waals surface area contributed by atoms with Crippen molar-refractivity contribution in [2.24, 2.45) is 0 Å². The van der Waals surface area contributed by atoms with E-state index in [1.54, 1.807) is 0 Å². The smallest absolute Gasteiger partial charge is 0.183 e. The number of benzene rings is 9. The zero-order valence-corrected chi connectivity index (χ0v) is 35.8. The summed E-state index contributed by atoms with van der Waals surface area (Å²) in [5.41, 5.74) is 11.5. The summed E-state index contributed by atoms with van der Waals surface area (Å²) in [7, 11) is -2.90. The molecule has 0 saturated carbocycles. The van der Waals surface area contributed by atoms with Crippen molar-refractivity contribution in [2.45, 2.75) is 6.92 Å². The van der Waals surface area contributed by atoms with Crippen molar-refractivity contribution in [2.75, 3.05) is 9.80 Å².